The summed E-state index contributed by atoms with van der Waals surface area (Å²) in [7, 11) is 1.75. The van der Waals surface area contributed by atoms with Crippen LogP contribution in [0.3, 0.4) is 0 Å². The van der Waals surface area contributed by atoms with Gasteiger partial charge >= 0.3 is 6.09 Å². The molecule has 0 saturated carbocycles. The molecule has 0 fully saturated rings. The molecule has 0 aliphatic rings. The first-order valence-corrected chi connectivity index (χ1v) is 8.12. The highest BCUT2D eigenvalue weighted by Gasteiger charge is 2.20. The quantitative estimate of drug-likeness (QED) is 0.361. The fourth-order valence-corrected chi connectivity index (χ4v) is 1.71. The van der Waals surface area contributed by atoms with Crippen molar-refractivity contribution in [2.45, 2.75) is 53.6 Å². The predicted molar refractivity (Wildman–Crippen MR) is 108 cm³/mol. The molecule has 2 N–H and O–H groups in total. The van der Waals surface area contributed by atoms with Crippen LogP contribution in [0, 0.1) is 5.92 Å². The van der Waals surface area contributed by atoms with Crippen LogP contribution < -0.4 is 10.6 Å². The number of nitrogens with one attached hydrogen (secondary N) is 2. The number of nitrogens with zero attached hydrogens (tertiary/aromatic N) is 2. The van der Waals surface area contributed by atoms with E-state index < -0.39 is 5.60 Å². The summed E-state index contributed by atoms with van der Waals surface area (Å²) >= 11 is 0. The molecule has 23 heavy (non-hydrogen) atoms. The van der Waals surface area contributed by atoms with E-state index in [1.165, 1.54) is 0 Å². The maximum Gasteiger partial charge on any atom is 0.410 e. The topological polar surface area (TPSA) is 66.0 Å². The van der Waals surface area contributed by atoms with E-state index in [0.717, 1.165) is 18.9 Å². The second-order valence-electron chi connectivity index (χ2n) is 6.67. The molecule has 138 valence electrons. The number of halogens is 1. The molecule has 0 aromatic carbocycles. The van der Waals surface area contributed by atoms with Gasteiger partial charge in [0.05, 0.1) is 0 Å². The molecule has 6 nitrogen and oxygen atoms in total. The molecule has 0 rings (SSSR count). The Morgan fingerprint density at radius 1 is 1.22 bits per heavy atom. The van der Waals surface area contributed by atoms with Gasteiger partial charge in [-0.05, 0) is 40.0 Å². The summed E-state index contributed by atoms with van der Waals surface area (Å²) < 4.78 is 5.38. The Hall–Kier alpha value is -0.730. The minimum Gasteiger partial charge on any atom is -0.444 e. The van der Waals surface area contributed by atoms with Gasteiger partial charge in [0.25, 0.3) is 0 Å². The van der Waals surface area contributed by atoms with Crippen molar-refractivity contribution in [1.82, 2.24) is 15.5 Å². The first-order valence-electron chi connectivity index (χ1n) is 8.12. The van der Waals surface area contributed by atoms with E-state index in [1.807, 2.05) is 27.7 Å². The highest BCUT2D eigenvalue weighted by molar-refractivity contribution is 14.0. The second kappa shape index (κ2) is 12.7. The van der Waals surface area contributed by atoms with Gasteiger partial charge in [-0.15, -0.1) is 24.0 Å². The number of carbonyl (C=O) groups is 1. The lowest BCUT2D eigenvalue weighted by atomic mass is 10.1. The van der Waals surface area contributed by atoms with Crippen LogP contribution in [0.15, 0.2) is 4.99 Å². The van der Waals surface area contributed by atoms with E-state index in [2.05, 4.69) is 29.5 Å². The van der Waals surface area contributed by atoms with Crippen LogP contribution >= 0.6 is 24.0 Å². The summed E-state index contributed by atoms with van der Waals surface area (Å²) in [6, 6.07) is 0. The Morgan fingerprint density at radius 2 is 1.78 bits per heavy atom. The van der Waals surface area contributed by atoms with Crippen molar-refractivity contribution < 1.29 is 9.53 Å². The first kappa shape index (κ1) is 24.5. The van der Waals surface area contributed by atoms with Crippen LogP contribution in [-0.4, -0.2) is 55.8 Å². The molecular weight excluding hydrogens is 407 g/mol. The smallest absolute Gasteiger partial charge is 0.410 e. The second-order valence-corrected chi connectivity index (χ2v) is 6.67. The van der Waals surface area contributed by atoms with Gasteiger partial charge in [-0.1, -0.05) is 13.8 Å². The van der Waals surface area contributed by atoms with Crippen molar-refractivity contribution in [3.8, 4) is 0 Å². The number of hydrogen-bond donors (Lipinski definition) is 2. The number of hydrogen-bond acceptors (Lipinski definition) is 3. The number of likely N-dealkylation sites (N-methyl/N-ethyl adjacent to an activating group) is 1. The molecule has 0 unspecified atom stereocenters. The molecule has 0 heterocycles. The van der Waals surface area contributed by atoms with Gasteiger partial charge < -0.3 is 20.3 Å². The zero-order valence-electron chi connectivity index (χ0n) is 15.7. The van der Waals surface area contributed by atoms with Crippen LogP contribution in [-0.2, 0) is 4.74 Å². The van der Waals surface area contributed by atoms with Gasteiger partial charge in [-0.2, -0.15) is 0 Å². The third-order valence-electron chi connectivity index (χ3n) is 2.95. The van der Waals surface area contributed by atoms with E-state index in [0.29, 0.717) is 25.6 Å². The fourth-order valence-electron chi connectivity index (χ4n) is 1.71. The largest absolute Gasteiger partial charge is 0.444 e. The van der Waals surface area contributed by atoms with Gasteiger partial charge in [0.2, 0.25) is 0 Å². The highest BCUT2D eigenvalue weighted by atomic mass is 127. The number of amides is 1. The van der Waals surface area contributed by atoms with Crippen molar-refractivity contribution in [3.63, 3.8) is 0 Å². The van der Waals surface area contributed by atoms with Crippen LogP contribution in [0.25, 0.3) is 0 Å². The lowest BCUT2D eigenvalue weighted by molar-refractivity contribution is 0.0264. The minimum atomic E-state index is -0.466. The SMILES string of the molecule is CCN(CCNC(=NC)NCCC(C)C)C(=O)OC(C)(C)C.I. The van der Waals surface area contributed by atoms with Crippen LogP contribution in [0.4, 0.5) is 4.79 Å². The van der Waals surface area contributed by atoms with Gasteiger partial charge in [0, 0.05) is 33.2 Å². The number of ether oxygens (including phenoxy) is 1. The Labute approximate surface area is 158 Å². The van der Waals surface area contributed by atoms with Crippen LogP contribution in [0.5, 0.6) is 0 Å². The molecule has 0 atom stereocenters. The van der Waals surface area contributed by atoms with E-state index in [4.69, 9.17) is 4.74 Å². The summed E-state index contributed by atoms with van der Waals surface area (Å²) in [5, 5.41) is 6.48. The van der Waals surface area contributed by atoms with Gasteiger partial charge in [0.1, 0.15) is 5.60 Å². The predicted octanol–water partition coefficient (Wildman–Crippen LogP) is 3.07. The van der Waals surface area contributed by atoms with E-state index in [1.54, 1.807) is 11.9 Å². The molecule has 7 heteroatoms. The zero-order chi connectivity index (χ0) is 17.2. The van der Waals surface area contributed by atoms with Crippen molar-refractivity contribution >= 4 is 36.0 Å². The first-order chi connectivity index (χ1) is 10.2. The molecule has 0 bridgehead atoms. The third-order valence-corrected chi connectivity index (χ3v) is 2.95. The highest BCUT2D eigenvalue weighted by Crippen LogP contribution is 2.09. The average molecular weight is 442 g/mol. The monoisotopic (exact) mass is 442 g/mol. The summed E-state index contributed by atoms with van der Waals surface area (Å²) in [6.45, 7) is 14.7. The Balaban J connectivity index is 0. The van der Waals surface area contributed by atoms with E-state index >= 15 is 0 Å². The third kappa shape index (κ3) is 13.4. The van der Waals surface area contributed by atoms with Crippen LogP contribution in [0.1, 0.15) is 48.0 Å². The van der Waals surface area contributed by atoms with Crippen molar-refractivity contribution in [2.24, 2.45) is 10.9 Å². The van der Waals surface area contributed by atoms with Gasteiger partial charge in [-0.3, -0.25) is 4.99 Å². The maximum atomic E-state index is 12.0. The summed E-state index contributed by atoms with van der Waals surface area (Å²) in [5.41, 5.74) is -0.466. The van der Waals surface area contributed by atoms with Crippen molar-refractivity contribution in [2.75, 3.05) is 33.2 Å². The molecule has 0 spiro atoms. The molecular formula is C16H35IN4O2. The molecule has 0 aromatic rings. The van der Waals surface area contributed by atoms with Crippen molar-refractivity contribution in [3.05, 3.63) is 0 Å². The van der Waals surface area contributed by atoms with Crippen LogP contribution in [0.2, 0.25) is 0 Å². The minimum absolute atomic E-state index is 0. The maximum absolute atomic E-state index is 12.0. The standard InChI is InChI=1S/C16H34N4O2.HI/c1-8-20(15(21)22-16(4,5)6)12-11-19-14(17-7)18-10-9-13(2)3;/h13H,8-12H2,1-7H3,(H2,17,18,19);1H. The molecule has 0 aromatic heterocycles. The lowest BCUT2D eigenvalue weighted by Crippen LogP contribution is -2.44. The Morgan fingerprint density at radius 3 is 2.22 bits per heavy atom. The fraction of sp³-hybridized carbons (Fsp3) is 0.875. The zero-order valence-corrected chi connectivity index (χ0v) is 18.1. The molecule has 0 aliphatic carbocycles. The number of aliphatic imine (C=N–C) groups is 1. The summed E-state index contributed by atoms with van der Waals surface area (Å²) in [6.07, 6.45) is 0.819. The number of carbonyl (C=O) groups excluding carboxylic acids is 1. The van der Waals surface area contributed by atoms with Gasteiger partial charge in [-0.25, -0.2) is 4.79 Å². The number of guanidine groups is 1. The normalized spacial score (nSPS) is 11.7. The molecule has 0 aliphatic heterocycles. The molecule has 0 radical (unpaired) electrons. The van der Waals surface area contributed by atoms with Crippen molar-refractivity contribution in [1.29, 1.82) is 0 Å². The average Bonchev–Trinajstić information content (AvgIpc) is 2.39. The summed E-state index contributed by atoms with van der Waals surface area (Å²) in [4.78, 5) is 17.9. The summed E-state index contributed by atoms with van der Waals surface area (Å²) in [5.74, 6) is 1.43. The molecule has 1 amide bonds. The van der Waals surface area contributed by atoms with E-state index in [9.17, 15) is 4.79 Å². The molecule has 0 saturated heterocycles. The van der Waals surface area contributed by atoms with Gasteiger partial charge in [0.15, 0.2) is 5.96 Å². The Kier molecular flexibility index (Phi) is 13.5. The number of rotatable bonds is 7. The Bertz CT molecular complexity index is 354. The van der Waals surface area contributed by atoms with E-state index in [-0.39, 0.29) is 30.1 Å². The lowest BCUT2D eigenvalue weighted by Gasteiger charge is -2.26.